The number of aliphatic imine (C=N–C) groups is 1. The second-order valence-electron chi connectivity index (χ2n) is 5.71. The summed E-state index contributed by atoms with van der Waals surface area (Å²) in [6, 6.07) is 7.45. The number of fused-ring (bicyclic) bond motifs is 2. The Balaban J connectivity index is 1.33. The summed E-state index contributed by atoms with van der Waals surface area (Å²) < 4.78 is 11.2. The van der Waals surface area contributed by atoms with Crippen LogP contribution in [-0.2, 0) is 4.79 Å². The van der Waals surface area contributed by atoms with E-state index in [2.05, 4.69) is 28.0 Å². The molecule has 3 aliphatic rings. The molecule has 0 radical (unpaired) electrons. The molecule has 1 aliphatic carbocycles. The number of ether oxygens (including phenoxy) is 2. The molecule has 4 rings (SSSR count). The Morgan fingerprint density at radius 3 is 2.96 bits per heavy atom. The normalized spacial score (nSPS) is 27.8. The van der Waals surface area contributed by atoms with Crippen LogP contribution in [0.2, 0.25) is 0 Å². The van der Waals surface area contributed by atoms with Gasteiger partial charge in [-0.2, -0.15) is 0 Å². The standard InChI is InChI=1S/C18H17N3O3/c22-18(17-11-23-15-7-3-4-8-16(15)24-17)21-20-10-12-9-19-14-6-2-1-5-13(12)14/h1-10,13-14,17,20H,11H2,(H,21,22)/b12-10+. The van der Waals surface area contributed by atoms with Crippen LogP contribution in [0.25, 0.3) is 0 Å². The van der Waals surface area contributed by atoms with Gasteiger partial charge in [-0.25, -0.2) is 0 Å². The predicted octanol–water partition coefficient (Wildman–Crippen LogP) is 1.53. The van der Waals surface area contributed by atoms with E-state index in [0.29, 0.717) is 11.5 Å². The first-order valence-corrected chi connectivity index (χ1v) is 7.83. The Bertz CT molecular complexity index is 767. The van der Waals surface area contributed by atoms with Gasteiger partial charge in [0.25, 0.3) is 5.91 Å². The van der Waals surface area contributed by atoms with Crippen molar-refractivity contribution < 1.29 is 14.3 Å². The summed E-state index contributed by atoms with van der Waals surface area (Å²) in [6.07, 6.45) is 11.1. The van der Waals surface area contributed by atoms with Gasteiger partial charge in [-0.15, -0.1) is 0 Å². The molecule has 2 N–H and O–H groups in total. The number of nitrogens with one attached hydrogen (secondary N) is 2. The van der Waals surface area contributed by atoms with Crippen molar-refractivity contribution >= 4 is 12.1 Å². The minimum absolute atomic E-state index is 0.158. The number of carbonyl (C=O) groups excluding carboxylic acids is 1. The minimum Gasteiger partial charge on any atom is -0.485 e. The van der Waals surface area contributed by atoms with Gasteiger partial charge in [0.1, 0.15) is 6.61 Å². The van der Waals surface area contributed by atoms with Gasteiger partial charge in [-0.05, 0) is 17.7 Å². The third-order valence-electron chi connectivity index (χ3n) is 4.12. The lowest BCUT2D eigenvalue weighted by Crippen LogP contribution is -2.47. The summed E-state index contributed by atoms with van der Waals surface area (Å²) in [7, 11) is 0. The molecule has 3 unspecified atom stereocenters. The Kier molecular flexibility index (Phi) is 3.78. The topological polar surface area (TPSA) is 72.0 Å². The van der Waals surface area contributed by atoms with Crippen molar-refractivity contribution in [2.75, 3.05) is 6.61 Å². The molecule has 2 heterocycles. The molecule has 24 heavy (non-hydrogen) atoms. The number of hydrogen-bond donors (Lipinski definition) is 2. The first-order valence-electron chi connectivity index (χ1n) is 7.83. The van der Waals surface area contributed by atoms with Gasteiger partial charge < -0.3 is 14.9 Å². The third kappa shape index (κ3) is 2.78. The molecular weight excluding hydrogens is 306 g/mol. The fourth-order valence-electron chi connectivity index (χ4n) is 2.86. The summed E-state index contributed by atoms with van der Waals surface area (Å²) in [4.78, 5) is 16.6. The lowest BCUT2D eigenvalue weighted by atomic mass is 9.92. The van der Waals surface area contributed by atoms with E-state index < -0.39 is 6.10 Å². The van der Waals surface area contributed by atoms with Gasteiger partial charge in [-0.3, -0.25) is 15.2 Å². The fraction of sp³-hybridized carbons (Fsp3) is 0.222. The van der Waals surface area contributed by atoms with Crippen LogP contribution in [0, 0.1) is 5.92 Å². The van der Waals surface area contributed by atoms with Gasteiger partial charge in [-0.1, -0.05) is 36.4 Å². The van der Waals surface area contributed by atoms with Crippen molar-refractivity contribution in [2.45, 2.75) is 12.1 Å². The zero-order valence-electron chi connectivity index (χ0n) is 12.9. The number of rotatable bonds is 3. The van der Waals surface area contributed by atoms with E-state index in [1.807, 2.05) is 36.6 Å². The highest BCUT2D eigenvalue weighted by atomic mass is 16.6. The van der Waals surface area contributed by atoms with Crippen LogP contribution in [0.3, 0.4) is 0 Å². The highest BCUT2D eigenvalue weighted by Crippen LogP contribution is 2.31. The first kappa shape index (κ1) is 14.6. The quantitative estimate of drug-likeness (QED) is 0.828. The maximum atomic E-state index is 12.2. The van der Waals surface area contributed by atoms with E-state index in [0.717, 1.165) is 5.57 Å². The van der Waals surface area contributed by atoms with Crippen LogP contribution in [0.1, 0.15) is 0 Å². The zero-order chi connectivity index (χ0) is 16.4. The van der Waals surface area contributed by atoms with E-state index in [1.165, 1.54) is 0 Å². The second kappa shape index (κ2) is 6.23. The van der Waals surface area contributed by atoms with Crippen molar-refractivity contribution in [3.63, 3.8) is 0 Å². The van der Waals surface area contributed by atoms with Crippen LogP contribution >= 0.6 is 0 Å². The summed E-state index contributed by atoms with van der Waals surface area (Å²) in [5, 5.41) is 0. The molecule has 6 nitrogen and oxygen atoms in total. The summed E-state index contributed by atoms with van der Waals surface area (Å²) >= 11 is 0. The molecule has 0 fully saturated rings. The summed E-state index contributed by atoms with van der Waals surface area (Å²) in [5.74, 6) is 1.17. The Morgan fingerprint density at radius 1 is 1.21 bits per heavy atom. The molecular formula is C18H17N3O3. The molecule has 2 aliphatic heterocycles. The number of hydrazine groups is 1. The van der Waals surface area contributed by atoms with Crippen molar-refractivity contribution in [3.05, 3.63) is 60.3 Å². The second-order valence-corrected chi connectivity index (χ2v) is 5.71. The minimum atomic E-state index is -0.687. The molecule has 1 amide bonds. The predicted molar refractivity (Wildman–Crippen MR) is 89.8 cm³/mol. The lowest BCUT2D eigenvalue weighted by molar-refractivity contribution is -0.131. The van der Waals surface area contributed by atoms with Crippen LogP contribution in [0.4, 0.5) is 0 Å². The molecule has 0 saturated heterocycles. The molecule has 1 aromatic rings. The average molecular weight is 323 g/mol. The molecule has 6 heteroatoms. The summed E-state index contributed by atoms with van der Waals surface area (Å²) in [5.41, 5.74) is 6.49. The zero-order valence-corrected chi connectivity index (χ0v) is 12.9. The summed E-state index contributed by atoms with van der Waals surface area (Å²) in [6.45, 7) is 0.181. The lowest BCUT2D eigenvalue weighted by Gasteiger charge is -2.25. The van der Waals surface area contributed by atoms with Crippen LogP contribution in [-0.4, -0.2) is 30.9 Å². The maximum Gasteiger partial charge on any atom is 0.282 e. The third-order valence-corrected chi connectivity index (χ3v) is 4.12. The van der Waals surface area contributed by atoms with Crippen LogP contribution in [0.15, 0.2) is 65.3 Å². The average Bonchev–Trinajstić information content (AvgIpc) is 3.04. The Labute approximate surface area is 139 Å². The highest BCUT2D eigenvalue weighted by molar-refractivity contribution is 5.84. The number of allylic oxidation sites excluding steroid dienone is 2. The van der Waals surface area contributed by atoms with Gasteiger partial charge in [0.15, 0.2) is 11.5 Å². The van der Waals surface area contributed by atoms with Crippen LogP contribution in [0.5, 0.6) is 11.5 Å². The monoisotopic (exact) mass is 323 g/mol. The number of carbonyl (C=O) groups is 1. The Morgan fingerprint density at radius 2 is 2.04 bits per heavy atom. The molecule has 0 saturated carbocycles. The van der Waals surface area contributed by atoms with Crippen molar-refractivity contribution in [2.24, 2.45) is 10.9 Å². The Hall–Kier alpha value is -3.02. The number of para-hydroxylation sites is 2. The fourth-order valence-corrected chi connectivity index (χ4v) is 2.86. The maximum absolute atomic E-state index is 12.2. The molecule has 0 aromatic heterocycles. The number of benzene rings is 1. The van der Waals surface area contributed by atoms with Crippen molar-refractivity contribution in [3.8, 4) is 11.5 Å². The molecule has 1 aromatic carbocycles. The smallest absolute Gasteiger partial charge is 0.282 e. The number of amides is 1. The van der Waals surface area contributed by atoms with Gasteiger partial charge in [0.05, 0.1) is 6.04 Å². The van der Waals surface area contributed by atoms with E-state index >= 15 is 0 Å². The van der Waals surface area contributed by atoms with E-state index in [-0.39, 0.29) is 24.5 Å². The van der Waals surface area contributed by atoms with Gasteiger partial charge >= 0.3 is 0 Å². The van der Waals surface area contributed by atoms with Crippen molar-refractivity contribution in [1.82, 2.24) is 10.9 Å². The van der Waals surface area contributed by atoms with Crippen LogP contribution < -0.4 is 20.3 Å². The molecule has 122 valence electrons. The number of nitrogens with zero attached hydrogens (tertiary/aromatic N) is 1. The number of hydrogen-bond acceptors (Lipinski definition) is 5. The van der Waals surface area contributed by atoms with Gasteiger partial charge in [0, 0.05) is 18.3 Å². The van der Waals surface area contributed by atoms with Gasteiger partial charge in [0.2, 0.25) is 6.10 Å². The molecule has 0 bridgehead atoms. The van der Waals surface area contributed by atoms with Crippen molar-refractivity contribution in [1.29, 1.82) is 0 Å². The first-order chi connectivity index (χ1) is 11.8. The van der Waals surface area contributed by atoms with E-state index in [9.17, 15) is 4.79 Å². The highest BCUT2D eigenvalue weighted by Gasteiger charge is 2.28. The molecule has 3 atom stereocenters. The van der Waals surface area contributed by atoms with E-state index in [1.54, 1.807) is 12.3 Å². The molecule has 0 spiro atoms. The largest absolute Gasteiger partial charge is 0.485 e. The SMILES string of the molecule is O=C(NN/C=C1\C=NC2C=CC=CC12)C1COc2ccccc2O1. The van der Waals surface area contributed by atoms with E-state index in [4.69, 9.17) is 9.47 Å².